The van der Waals surface area contributed by atoms with E-state index in [1.54, 1.807) is 12.1 Å². The molecule has 2 nitrogen and oxygen atoms in total. The second kappa shape index (κ2) is 6.90. The van der Waals surface area contributed by atoms with E-state index in [0.29, 0.717) is 23.8 Å². The van der Waals surface area contributed by atoms with Crippen LogP contribution < -0.4 is 0 Å². The lowest BCUT2D eigenvalue weighted by molar-refractivity contribution is -0.140. The standard InChI is InChI=1S/C19H17F6NO/c1-17(2,3)14-6-4-5-11(16(14)27)10-26-15-9-12(18(20,21)22)7-8-13(15)19(23,24)25/h4-10,27H,1-3H3. The maximum Gasteiger partial charge on any atom is 0.418 e. The van der Waals surface area contributed by atoms with Crippen molar-refractivity contribution in [3.63, 3.8) is 0 Å². The third-order valence-corrected chi connectivity index (χ3v) is 3.85. The molecule has 0 aliphatic carbocycles. The summed E-state index contributed by atoms with van der Waals surface area (Å²) in [5, 5.41) is 10.3. The van der Waals surface area contributed by atoms with Gasteiger partial charge in [0.2, 0.25) is 0 Å². The molecule has 0 heterocycles. The molecule has 0 saturated carbocycles. The van der Waals surface area contributed by atoms with Crippen LogP contribution in [0.2, 0.25) is 0 Å². The third kappa shape index (κ3) is 4.81. The Morgan fingerprint density at radius 1 is 0.852 bits per heavy atom. The Kier molecular flexibility index (Phi) is 5.32. The van der Waals surface area contributed by atoms with E-state index in [0.717, 1.165) is 6.21 Å². The van der Waals surface area contributed by atoms with Gasteiger partial charge in [-0.05, 0) is 35.2 Å². The van der Waals surface area contributed by atoms with Crippen LogP contribution in [0.1, 0.15) is 43.0 Å². The molecular weight excluding hydrogens is 372 g/mol. The molecule has 0 fully saturated rings. The van der Waals surface area contributed by atoms with Gasteiger partial charge in [0.25, 0.3) is 0 Å². The molecule has 0 aliphatic heterocycles. The first kappa shape index (κ1) is 20.8. The van der Waals surface area contributed by atoms with E-state index in [2.05, 4.69) is 4.99 Å². The van der Waals surface area contributed by atoms with Gasteiger partial charge >= 0.3 is 12.4 Å². The Morgan fingerprint density at radius 2 is 1.48 bits per heavy atom. The lowest BCUT2D eigenvalue weighted by Gasteiger charge is -2.21. The Hall–Kier alpha value is -2.51. The Bertz CT molecular complexity index is 860. The molecule has 2 aromatic rings. The summed E-state index contributed by atoms with van der Waals surface area (Å²) >= 11 is 0. The number of hydrogen-bond acceptors (Lipinski definition) is 2. The quantitative estimate of drug-likeness (QED) is 0.463. The van der Waals surface area contributed by atoms with E-state index in [9.17, 15) is 31.4 Å². The Labute approximate surface area is 152 Å². The van der Waals surface area contributed by atoms with E-state index in [4.69, 9.17) is 0 Å². The molecule has 27 heavy (non-hydrogen) atoms. The Balaban J connectivity index is 2.56. The molecule has 0 spiro atoms. The summed E-state index contributed by atoms with van der Waals surface area (Å²) in [5.74, 6) is -0.186. The van der Waals surface area contributed by atoms with Crippen molar-refractivity contribution in [2.45, 2.75) is 38.5 Å². The summed E-state index contributed by atoms with van der Waals surface area (Å²) in [5.41, 5.74) is -3.22. The third-order valence-electron chi connectivity index (χ3n) is 3.85. The topological polar surface area (TPSA) is 32.6 Å². The van der Waals surface area contributed by atoms with Crippen LogP contribution >= 0.6 is 0 Å². The number of rotatable bonds is 2. The fourth-order valence-electron chi connectivity index (χ4n) is 2.46. The molecule has 0 radical (unpaired) electrons. The van der Waals surface area contributed by atoms with E-state index >= 15 is 0 Å². The molecule has 2 aromatic carbocycles. The molecule has 146 valence electrons. The highest BCUT2D eigenvalue weighted by Gasteiger charge is 2.37. The van der Waals surface area contributed by atoms with Crippen LogP contribution in [-0.4, -0.2) is 11.3 Å². The van der Waals surface area contributed by atoms with E-state index in [1.165, 1.54) is 6.07 Å². The minimum atomic E-state index is -4.87. The van der Waals surface area contributed by atoms with Crippen LogP contribution in [0.5, 0.6) is 5.75 Å². The maximum atomic E-state index is 13.1. The van der Waals surface area contributed by atoms with Crippen molar-refractivity contribution in [1.29, 1.82) is 0 Å². The highest BCUT2D eigenvalue weighted by molar-refractivity contribution is 5.86. The van der Waals surface area contributed by atoms with Gasteiger partial charge in [0.1, 0.15) is 5.75 Å². The van der Waals surface area contributed by atoms with Gasteiger partial charge in [-0.3, -0.25) is 4.99 Å². The summed E-state index contributed by atoms with van der Waals surface area (Å²) in [6.45, 7) is 5.49. The number of para-hydroxylation sites is 1. The zero-order valence-electron chi connectivity index (χ0n) is 14.7. The van der Waals surface area contributed by atoms with Gasteiger partial charge in [-0.15, -0.1) is 0 Å². The number of phenols is 1. The average Bonchev–Trinajstić information content (AvgIpc) is 2.50. The van der Waals surface area contributed by atoms with Gasteiger partial charge in [0, 0.05) is 11.8 Å². The van der Waals surface area contributed by atoms with E-state index < -0.39 is 34.6 Å². The van der Waals surface area contributed by atoms with Gasteiger partial charge in [0.05, 0.1) is 16.8 Å². The Morgan fingerprint density at radius 3 is 2.00 bits per heavy atom. The normalized spacial score (nSPS) is 13.4. The van der Waals surface area contributed by atoms with Gasteiger partial charge in [-0.2, -0.15) is 26.3 Å². The zero-order valence-corrected chi connectivity index (χ0v) is 14.7. The summed E-state index contributed by atoms with van der Waals surface area (Å²) in [7, 11) is 0. The molecule has 0 aliphatic rings. The lowest BCUT2D eigenvalue weighted by Crippen LogP contribution is -2.12. The number of alkyl halides is 6. The van der Waals surface area contributed by atoms with E-state index in [1.807, 2.05) is 20.8 Å². The van der Waals surface area contributed by atoms with Crippen molar-refractivity contribution < 1.29 is 31.4 Å². The molecule has 0 unspecified atom stereocenters. The fourth-order valence-corrected chi connectivity index (χ4v) is 2.46. The number of benzene rings is 2. The van der Waals surface area contributed by atoms with Crippen LogP contribution in [0, 0.1) is 0 Å². The number of nitrogens with zero attached hydrogens (tertiary/aromatic N) is 1. The molecule has 8 heteroatoms. The molecule has 0 amide bonds. The minimum absolute atomic E-state index is 0.105. The molecule has 1 N–H and O–H groups in total. The number of phenolic OH excluding ortho intramolecular Hbond substituents is 1. The van der Waals surface area contributed by atoms with Gasteiger partial charge in [0.15, 0.2) is 0 Å². The highest BCUT2D eigenvalue weighted by Crippen LogP contribution is 2.40. The van der Waals surface area contributed by atoms with Crippen molar-refractivity contribution in [1.82, 2.24) is 0 Å². The highest BCUT2D eigenvalue weighted by atomic mass is 19.4. The SMILES string of the molecule is CC(C)(C)c1cccc(C=Nc2cc(C(F)(F)F)ccc2C(F)(F)F)c1O. The van der Waals surface area contributed by atoms with Gasteiger partial charge in [-0.25, -0.2) is 0 Å². The zero-order chi connectivity index (χ0) is 20.6. The number of halogens is 6. The van der Waals surface area contributed by atoms with Crippen molar-refractivity contribution in [3.8, 4) is 5.75 Å². The summed E-state index contributed by atoms with van der Waals surface area (Å²) in [6, 6.07) is 5.69. The van der Waals surface area contributed by atoms with Crippen LogP contribution in [0.3, 0.4) is 0 Å². The van der Waals surface area contributed by atoms with Crippen molar-refractivity contribution in [2.24, 2.45) is 4.99 Å². The number of hydrogen-bond donors (Lipinski definition) is 1. The first-order valence-corrected chi connectivity index (χ1v) is 7.86. The summed E-state index contributed by atoms with van der Waals surface area (Å²) < 4.78 is 77.8. The summed E-state index contributed by atoms with van der Waals surface area (Å²) in [4.78, 5) is 3.60. The van der Waals surface area contributed by atoms with Crippen molar-refractivity contribution in [2.75, 3.05) is 0 Å². The first-order valence-electron chi connectivity index (χ1n) is 7.86. The predicted octanol–water partition coefficient (Wildman–Crippen LogP) is 6.48. The smallest absolute Gasteiger partial charge is 0.418 e. The fraction of sp³-hybridized carbons (Fsp3) is 0.316. The first-order chi connectivity index (χ1) is 12.2. The lowest BCUT2D eigenvalue weighted by atomic mass is 9.85. The monoisotopic (exact) mass is 389 g/mol. The van der Waals surface area contributed by atoms with Gasteiger partial charge < -0.3 is 5.11 Å². The minimum Gasteiger partial charge on any atom is -0.507 e. The van der Waals surface area contributed by atoms with Crippen molar-refractivity contribution in [3.05, 3.63) is 58.7 Å². The van der Waals surface area contributed by atoms with Crippen LogP contribution in [-0.2, 0) is 17.8 Å². The van der Waals surface area contributed by atoms with Crippen LogP contribution in [0.4, 0.5) is 32.0 Å². The molecule has 0 aromatic heterocycles. The van der Waals surface area contributed by atoms with Gasteiger partial charge in [-0.1, -0.05) is 32.9 Å². The largest absolute Gasteiger partial charge is 0.507 e. The second-order valence-electron chi connectivity index (χ2n) is 6.98. The summed E-state index contributed by atoms with van der Waals surface area (Å²) in [6.07, 6.45) is -8.75. The number of aromatic hydroxyl groups is 1. The van der Waals surface area contributed by atoms with Crippen LogP contribution in [0.25, 0.3) is 0 Å². The maximum absolute atomic E-state index is 13.1. The van der Waals surface area contributed by atoms with E-state index in [-0.39, 0.29) is 11.3 Å². The predicted molar refractivity (Wildman–Crippen MR) is 90.5 cm³/mol. The molecular formula is C19H17F6NO. The van der Waals surface area contributed by atoms with Crippen molar-refractivity contribution >= 4 is 11.9 Å². The average molecular weight is 389 g/mol. The molecule has 0 atom stereocenters. The molecule has 2 rings (SSSR count). The second-order valence-corrected chi connectivity index (χ2v) is 6.98. The van der Waals surface area contributed by atoms with Crippen LogP contribution in [0.15, 0.2) is 41.4 Å². The molecule has 0 bridgehead atoms. The number of aliphatic imine (C=N–C) groups is 1. The molecule has 0 saturated heterocycles.